The number of hydrogen-bond donors (Lipinski definition) is 0. The highest BCUT2D eigenvalue weighted by Gasteiger charge is 2.25. The average Bonchev–Trinajstić information content (AvgIpc) is 2.83. The highest BCUT2D eigenvalue weighted by atomic mass is 16.7. The summed E-state index contributed by atoms with van der Waals surface area (Å²) >= 11 is 0. The van der Waals surface area contributed by atoms with Gasteiger partial charge in [-0.15, -0.1) is 0 Å². The van der Waals surface area contributed by atoms with E-state index in [0.29, 0.717) is 26.3 Å². The first-order chi connectivity index (χ1) is 15.3. The first-order valence-electron chi connectivity index (χ1n) is 11.2. The second kappa shape index (κ2) is 11.4. The van der Waals surface area contributed by atoms with Crippen LogP contribution < -0.4 is 0 Å². The number of piperidine rings is 1. The maximum absolute atomic E-state index is 12.4. The number of benzene rings is 2. The van der Waals surface area contributed by atoms with Gasteiger partial charge in [0.1, 0.15) is 0 Å². The largest absolute Gasteiger partial charge is 0.422 e. The van der Waals surface area contributed by atoms with Gasteiger partial charge in [0, 0.05) is 26.2 Å². The fraction of sp³-hybridized carbons (Fsp3) is 0.542. The SMILES string of the molecule is O=C(OCOCCN1CCOCC1)N1CCCC(OCc2ccc3ccccc3c2)C1. The summed E-state index contributed by atoms with van der Waals surface area (Å²) in [6, 6.07) is 14.7. The normalized spacial score (nSPS) is 20.1. The third kappa shape index (κ3) is 6.64. The molecular formula is C24H32N2O5. The topological polar surface area (TPSA) is 60.5 Å². The molecule has 2 fully saturated rings. The van der Waals surface area contributed by atoms with Gasteiger partial charge in [-0.3, -0.25) is 4.90 Å². The van der Waals surface area contributed by atoms with Crippen LogP contribution in [0.15, 0.2) is 42.5 Å². The fourth-order valence-electron chi connectivity index (χ4n) is 4.04. The highest BCUT2D eigenvalue weighted by molar-refractivity contribution is 5.82. The summed E-state index contributed by atoms with van der Waals surface area (Å²) in [7, 11) is 0. The monoisotopic (exact) mass is 428 g/mol. The van der Waals surface area contributed by atoms with Crippen molar-refractivity contribution in [3.05, 3.63) is 48.0 Å². The quantitative estimate of drug-likeness (QED) is 0.475. The highest BCUT2D eigenvalue weighted by Crippen LogP contribution is 2.19. The van der Waals surface area contributed by atoms with Crippen LogP contribution in [-0.4, -0.2) is 81.3 Å². The van der Waals surface area contributed by atoms with Crippen molar-refractivity contribution < 1.29 is 23.7 Å². The van der Waals surface area contributed by atoms with Crippen molar-refractivity contribution >= 4 is 16.9 Å². The molecule has 0 N–H and O–H groups in total. The van der Waals surface area contributed by atoms with Gasteiger partial charge in [-0.1, -0.05) is 36.4 Å². The van der Waals surface area contributed by atoms with Crippen LogP contribution in [0.3, 0.4) is 0 Å². The zero-order valence-corrected chi connectivity index (χ0v) is 18.0. The summed E-state index contributed by atoms with van der Waals surface area (Å²) in [5.74, 6) is 0. The van der Waals surface area contributed by atoms with E-state index < -0.39 is 0 Å². The van der Waals surface area contributed by atoms with Crippen LogP contribution in [0.4, 0.5) is 4.79 Å². The predicted molar refractivity (Wildman–Crippen MR) is 118 cm³/mol. The number of carbonyl (C=O) groups is 1. The van der Waals surface area contributed by atoms with Gasteiger partial charge in [0.2, 0.25) is 0 Å². The Morgan fingerprint density at radius 3 is 2.77 bits per heavy atom. The van der Waals surface area contributed by atoms with E-state index in [1.165, 1.54) is 10.8 Å². The van der Waals surface area contributed by atoms with Gasteiger partial charge in [-0.2, -0.15) is 0 Å². The number of nitrogens with zero attached hydrogens (tertiary/aromatic N) is 2. The Balaban J connectivity index is 1.15. The molecule has 7 nitrogen and oxygen atoms in total. The summed E-state index contributed by atoms with van der Waals surface area (Å²) in [5.41, 5.74) is 1.15. The molecule has 0 spiro atoms. The molecule has 4 rings (SSSR count). The lowest BCUT2D eigenvalue weighted by atomic mass is 10.1. The molecule has 2 aromatic carbocycles. The molecule has 0 radical (unpaired) electrons. The Morgan fingerprint density at radius 1 is 1.06 bits per heavy atom. The third-order valence-corrected chi connectivity index (χ3v) is 5.86. The molecule has 0 bridgehead atoms. The van der Waals surface area contributed by atoms with Crippen LogP contribution in [0.5, 0.6) is 0 Å². The van der Waals surface area contributed by atoms with Crippen LogP contribution in [0.1, 0.15) is 18.4 Å². The third-order valence-electron chi connectivity index (χ3n) is 5.86. The second-order valence-corrected chi connectivity index (χ2v) is 8.09. The molecule has 31 heavy (non-hydrogen) atoms. The molecule has 0 saturated carbocycles. The van der Waals surface area contributed by atoms with Crippen molar-refractivity contribution in [2.24, 2.45) is 0 Å². The molecule has 2 aromatic rings. The van der Waals surface area contributed by atoms with Crippen molar-refractivity contribution in [1.29, 1.82) is 0 Å². The summed E-state index contributed by atoms with van der Waals surface area (Å²) in [5, 5.41) is 2.44. The minimum atomic E-state index is -0.328. The number of fused-ring (bicyclic) bond motifs is 1. The van der Waals surface area contributed by atoms with Crippen molar-refractivity contribution in [3.8, 4) is 0 Å². The van der Waals surface area contributed by atoms with E-state index in [4.69, 9.17) is 18.9 Å². The van der Waals surface area contributed by atoms with Crippen molar-refractivity contribution in [3.63, 3.8) is 0 Å². The van der Waals surface area contributed by atoms with E-state index in [9.17, 15) is 4.79 Å². The number of rotatable bonds is 8. The van der Waals surface area contributed by atoms with Gasteiger partial charge in [0.15, 0.2) is 6.79 Å². The molecular weight excluding hydrogens is 396 g/mol. The fourth-order valence-corrected chi connectivity index (χ4v) is 4.04. The average molecular weight is 429 g/mol. The van der Waals surface area contributed by atoms with Crippen LogP contribution in [0.2, 0.25) is 0 Å². The summed E-state index contributed by atoms with van der Waals surface area (Å²) < 4.78 is 22.2. The minimum Gasteiger partial charge on any atom is -0.422 e. The number of carbonyl (C=O) groups excluding carboxylic acids is 1. The van der Waals surface area contributed by atoms with Crippen LogP contribution in [0, 0.1) is 0 Å². The smallest absolute Gasteiger partial charge is 0.411 e. The summed E-state index contributed by atoms with van der Waals surface area (Å²) in [6.07, 6.45) is 1.56. The van der Waals surface area contributed by atoms with Gasteiger partial charge in [-0.25, -0.2) is 4.79 Å². The first-order valence-corrected chi connectivity index (χ1v) is 11.2. The number of hydrogen-bond acceptors (Lipinski definition) is 6. The molecule has 2 heterocycles. The van der Waals surface area contributed by atoms with Crippen molar-refractivity contribution in [2.75, 3.05) is 59.3 Å². The molecule has 2 saturated heterocycles. The Kier molecular flexibility index (Phi) is 8.12. The maximum atomic E-state index is 12.4. The Labute approximate surface area is 183 Å². The van der Waals surface area contributed by atoms with Gasteiger partial charge < -0.3 is 23.8 Å². The van der Waals surface area contributed by atoms with E-state index in [2.05, 4.69) is 35.2 Å². The van der Waals surface area contributed by atoms with Gasteiger partial charge in [0.25, 0.3) is 0 Å². The maximum Gasteiger partial charge on any atom is 0.411 e. The lowest BCUT2D eigenvalue weighted by Crippen LogP contribution is -2.43. The second-order valence-electron chi connectivity index (χ2n) is 8.09. The summed E-state index contributed by atoms with van der Waals surface area (Å²) in [4.78, 5) is 16.4. The molecule has 0 aromatic heterocycles. The van der Waals surface area contributed by atoms with E-state index in [1.54, 1.807) is 4.90 Å². The lowest BCUT2D eigenvalue weighted by molar-refractivity contribution is -0.0527. The van der Waals surface area contributed by atoms with Crippen LogP contribution >= 0.6 is 0 Å². The molecule has 7 heteroatoms. The molecule has 1 unspecified atom stereocenters. The zero-order valence-electron chi connectivity index (χ0n) is 18.0. The lowest BCUT2D eigenvalue weighted by Gasteiger charge is -2.32. The number of amides is 1. The van der Waals surface area contributed by atoms with E-state index in [0.717, 1.165) is 51.3 Å². The van der Waals surface area contributed by atoms with Gasteiger partial charge >= 0.3 is 6.09 Å². The van der Waals surface area contributed by atoms with Gasteiger partial charge in [0.05, 0.1) is 39.1 Å². The number of ether oxygens (including phenoxy) is 4. The van der Waals surface area contributed by atoms with Crippen molar-refractivity contribution in [1.82, 2.24) is 9.80 Å². The molecule has 1 atom stereocenters. The Hall–Kier alpha value is -2.19. The number of likely N-dealkylation sites (tertiary alicyclic amines) is 1. The standard InChI is InChI=1S/C24H32N2O5/c27-24(31-19-29-15-12-25-10-13-28-14-11-25)26-9-3-6-23(17-26)30-18-20-7-8-21-4-1-2-5-22(21)16-20/h1-2,4-5,7-8,16,23H,3,6,9-15,17-19H2. The Bertz CT molecular complexity index is 840. The molecule has 2 aliphatic heterocycles. The predicted octanol–water partition coefficient (Wildman–Crippen LogP) is 3.26. The van der Waals surface area contributed by atoms with E-state index in [-0.39, 0.29) is 19.0 Å². The Morgan fingerprint density at radius 2 is 1.90 bits per heavy atom. The van der Waals surface area contributed by atoms with Crippen molar-refractivity contribution in [2.45, 2.75) is 25.6 Å². The molecule has 168 valence electrons. The number of morpholine rings is 1. The summed E-state index contributed by atoms with van der Waals surface area (Å²) in [6.45, 7) is 6.56. The first kappa shape index (κ1) is 22.0. The minimum absolute atomic E-state index is 0.0116. The van der Waals surface area contributed by atoms with Crippen LogP contribution in [-0.2, 0) is 25.6 Å². The zero-order chi connectivity index (χ0) is 21.3. The van der Waals surface area contributed by atoms with E-state index >= 15 is 0 Å². The molecule has 0 aliphatic carbocycles. The van der Waals surface area contributed by atoms with E-state index in [1.807, 2.05) is 12.1 Å². The van der Waals surface area contributed by atoms with Gasteiger partial charge in [-0.05, 0) is 35.2 Å². The molecule has 1 amide bonds. The molecule has 2 aliphatic rings. The van der Waals surface area contributed by atoms with Crippen LogP contribution in [0.25, 0.3) is 10.8 Å².